The van der Waals surface area contributed by atoms with E-state index in [1.54, 1.807) is 37.2 Å². The molecule has 3 N–H and O–H groups in total. The van der Waals surface area contributed by atoms with Crippen molar-refractivity contribution in [2.45, 2.75) is 80.4 Å². The van der Waals surface area contributed by atoms with Crippen LogP contribution in [0.15, 0.2) is 169 Å². The lowest BCUT2D eigenvalue weighted by atomic mass is 9.80. The molecule has 1 saturated heterocycles. The first-order chi connectivity index (χ1) is 40.0. The van der Waals surface area contributed by atoms with Crippen LogP contribution < -0.4 is 21.4 Å². The van der Waals surface area contributed by atoms with E-state index in [9.17, 15) is 14.4 Å². The Morgan fingerprint density at radius 1 is 0.488 bits per heavy atom. The highest BCUT2D eigenvalue weighted by molar-refractivity contribution is 9.10. The zero-order valence-corrected chi connectivity index (χ0v) is 50.9. The second-order valence-corrected chi connectivity index (χ2v) is 21.8. The molecular formula is C61H60BBrCl2N14O5. The third kappa shape index (κ3) is 16.1. The van der Waals surface area contributed by atoms with E-state index in [0.717, 1.165) is 77.6 Å². The van der Waals surface area contributed by atoms with E-state index in [1.165, 1.54) is 20.8 Å². The molecule has 19 nitrogen and oxygen atoms in total. The zero-order valence-electron chi connectivity index (χ0n) is 47.8. The summed E-state index contributed by atoms with van der Waals surface area (Å²) in [4.78, 5) is 67.3. The molecule has 11 aromatic heterocycles. The maximum Gasteiger partial charge on any atom is 0.498 e. The molecule has 0 aliphatic carbocycles. The molecule has 0 spiro atoms. The molecule has 0 saturated carbocycles. The van der Waals surface area contributed by atoms with Crippen LogP contribution in [0.4, 0.5) is 17.5 Å². The topological polar surface area (TPSA) is 222 Å². The average Bonchev–Trinajstić information content (AvgIpc) is 2.69. The minimum Gasteiger partial charge on any atom is -0.399 e. The molecule has 3 amide bonds. The van der Waals surface area contributed by atoms with Gasteiger partial charge in [-0.15, -0.1) is 0 Å². The standard InChI is InChI=1S/C20H17N5O.C14H11ClN4O.C11H15BClNO2.C9H8BrN3O.C7H9N/c1-13-5-3-7-17(22-13)20-16(6-4-10-21-20)15-8-9-19-24-18(23-14(2)26)12-25(19)11-15;1-9(20)17-12-8-19-7-10(4-5-13(19)18-12)11-3-2-6-16-14(11)15;1-10(2)11(3,4)16-12(15-10)8-6-5-7-14-9(8)13;1-6(14)11-8-5-13-4-7(10)2-3-9(13)12-8;1-6-4-3-5-7(2)8-6/h3-12H,1-2H3,(H,23,26);2-8H,1H3,(H,17,20);5-7H,1-4H3;2-5H,1H3,(H,11,14);3-5H,1-2H3. The number of nitrogens with one attached hydrogen (secondary N) is 3. The highest BCUT2D eigenvalue weighted by atomic mass is 79.9. The first-order valence-corrected chi connectivity index (χ1v) is 27.9. The van der Waals surface area contributed by atoms with E-state index < -0.39 is 7.12 Å². The maximum atomic E-state index is 11.2. The molecule has 428 valence electrons. The Bertz CT molecular complexity index is 4120. The number of carbonyl (C=O) groups excluding carboxylic acids is 3. The number of halogens is 3. The Morgan fingerprint density at radius 3 is 1.38 bits per heavy atom. The molecule has 0 atom stereocenters. The Balaban J connectivity index is 0.000000143. The first kappa shape index (κ1) is 61.3. The molecule has 0 radical (unpaired) electrons. The van der Waals surface area contributed by atoms with Gasteiger partial charge in [-0.1, -0.05) is 47.5 Å². The van der Waals surface area contributed by atoms with Crippen molar-refractivity contribution in [1.29, 1.82) is 0 Å². The van der Waals surface area contributed by atoms with Crippen LogP contribution in [-0.4, -0.2) is 89.1 Å². The largest absolute Gasteiger partial charge is 0.498 e. The second kappa shape index (κ2) is 27.1. The van der Waals surface area contributed by atoms with Crippen molar-refractivity contribution in [2.24, 2.45) is 0 Å². The lowest BCUT2D eigenvalue weighted by Crippen LogP contribution is -2.41. The Kier molecular flexibility index (Phi) is 19.8. The van der Waals surface area contributed by atoms with Crippen LogP contribution in [0.25, 0.3) is 50.6 Å². The van der Waals surface area contributed by atoms with Crippen molar-refractivity contribution in [2.75, 3.05) is 16.0 Å². The summed E-state index contributed by atoms with van der Waals surface area (Å²) in [7, 11) is -0.439. The summed E-state index contributed by atoms with van der Waals surface area (Å²) in [6.45, 7) is 18.4. The third-order valence-corrected chi connectivity index (χ3v) is 14.0. The summed E-state index contributed by atoms with van der Waals surface area (Å²) in [6.07, 6.45) is 16.1. The number of anilines is 3. The van der Waals surface area contributed by atoms with Gasteiger partial charge in [0.2, 0.25) is 17.7 Å². The SMILES string of the molecule is CC(=O)Nc1cn2cc(-c3cccnc3-c3cccc(C)n3)ccc2n1.CC(=O)Nc1cn2cc(-c3cccnc3Cl)ccc2n1.CC(=O)Nc1cn2cc(Br)ccc2n1.CC1(C)OB(c2cccnc2Cl)OC1(C)C.Cc1cccc(C)n1. The molecule has 1 aliphatic rings. The van der Waals surface area contributed by atoms with Crippen LogP contribution in [0, 0.1) is 20.8 Å². The van der Waals surface area contributed by atoms with E-state index in [2.05, 4.69) is 71.8 Å². The summed E-state index contributed by atoms with van der Waals surface area (Å²) < 4.78 is 18.3. The minimum absolute atomic E-state index is 0.118. The third-order valence-electron chi connectivity index (χ3n) is 12.9. The number of pyridine rings is 8. The Labute approximate surface area is 504 Å². The van der Waals surface area contributed by atoms with Crippen molar-refractivity contribution in [3.05, 3.63) is 197 Å². The first-order valence-electron chi connectivity index (χ1n) is 26.3. The fraction of sp³-hybridized carbons (Fsp3) is 0.197. The van der Waals surface area contributed by atoms with Gasteiger partial charge in [0.05, 0.1) is 41.2 Å². The van der Waals surface area contributed by atoms with E-state index in [0.29, 0.717) is 27.8 Å². The number of aromatic nitrogens is 11. The molecule has 0 bridgehead atoms. The van der Waals surface area contributed by atoms with Crippen LogP contribution in [0.2, 0.25) is 10.3 Å². The van der Waals surface area contributed by atoms with Gasteiger partial charge < -0.3 is 38.5 Å². The van der Waals surface area contributed by atoms with Gasteiger partial charge in [-0.3, -0.25) is 29.3 Å². The summed E-state index contributed by atoms with van der Waals surface area (Å²) in [5.41, 5.74) is 11.0. The van der Waals surface area contributed by atoms with E-state index in [4.69, 9.17) is 32.5 Å². The van der Waals surface area contributed by atoms with Crippen LogP contribution >= 0.6 is 39.1 Å². The summed E-state index contributed by atoms with van der Waals surface area (Å²) in [5, 5.41) is 8.87. The van der Waals surface area contributed by atoms with Gasteiger partial charge in [-0.2, -0.15) is 0 Å². The predicted octanol–water partition coefficient (Wildman–Crippen LogP) is 12.5. The number of rotatable bonds is 7. The number of hydrogen-bond donors (Lipinski definition) is 3. The number of imidazole rings is 3. The lowest BCUT2D eigenvalue weighted by molar-refractivity contribution is -0.115. The lowest BCUT2D eigenvalue weighted by Gasteiger charge is -2.32. The van der Waals surface area contributed by atoms with Crippen molar-refractivity contribution in [3.63, 3.8) is 0 Å². The summed E-state index contributed by atoms with van der Waals surface area (Å²) in [6, 6.07) is 34.8. The second-order valence-electron chi connectivity index (χ2n) is 20.2. The molecule has 0 unspecified atom stereocenters. The number of hydrogen-bond acceptors (Lipinski definition) is 13. The minimum atomic E-state index is -0.439. The van der Waals surface area contributed by atoms with Gasteiger partial charge in [0.15, 0.2) is 17.5 Å². The zero-order chi connectivity index (χ0) is 60.3. The van der Waals surface area contributed by atoms with Crippen molar-refractivity contribution >= 4 is 104 Å². The molecular weight excluding hydrogens is 1170 g/mol. The number of carbonyl (C=O) groups is 3. The molecule has 84 heavy (non-hydrogen) atoms. The molecule has 1 fully saturated rings. The maximum absolute atomic E-state index is 11.2. The van der Waals surface area contributed by atoms with Crippen molar-refractivity contribution < 1.29 is 23.7 Å². The van der Waals surface area contributed by atoms with E-state index >= 15 is 0 Å². The van der Waals surface area contributed by atoms with Crippen molar-refractivity contribution in [1.82, 2.24) is 53.1 Å². The normalized spacial score (nSPS) is 12.8. The highest BCUT2D eigenvalue weighted by Crippen LogP contribution is 2.37. The summed E-state index contributed by atoms with van der Waals surface area (Å²) in [5.74, 6) is 1.20. The molecule has 12 rings (SSSR count). The highest BCUT2D eigenvalue weighted by Gasteiger charge is 2.52. The Hall–Kier alpha value is -8.73. The molecule has 1 aliphatic heterocycles. The van der Waals surface area contributed by atoms with Gasteiger partial charge in [0, 0.05) is 107 Å². The van der Waals surface area contributed by atoms with Gasteiger partial charge in [0.25, 0.3) is 0 Å². The molecule has 11 aromatic rings. The van der Waals surface area contributed by atoms with Crippen LogP contribution in [0.3, 0.4) is 0 Å². The molecule has 12 heterocycles. The van der Waals surface area contributed by atoms with E-state index in [-0.39, 0.29) is 28.9 Å². The summed E-state index contributed by atoms with van der Waals surface area (Å²) >= 11 is 15.5. The molecule has 23 heteroatoms. The van der Waals surface area contributed by atoms with E-state index in [1.807, 2.05) is 189 Å². The van der Waals surface area contributed by atoms with Gasteiger partial charge in [-0.25, -0.2) is 24.9 Å². The quantitative estimate of drug-likeness (QED) is 0.0999. The fourth-order valence-electron chi connectivity index (χ4n) is 8.33. The number of nitrogens with zero attached hydrogens (tertiary/aromatic N) is 11. The van der Waals surface area contributed by atoms with Crippen molar-refractivity contribution in [3.8, 4) is 33.6 Å². The number of fused-ring (bicyclic) bond motifs is 3. The smallest absolute Gasteiger partial charge is 0.399 e. The molecule has 0 aromatic carbocycles. The van der Waals surface area contributed by atoms with Crippen LogP contribution in [0.1, 0.15) is 65.5 Å². The number of aryl methyl sites for hydroxylation is 3. The monoisotopic (exact) mass is 1230 g/mol. The predicted molar refractivity (Wildman–Crippen MR) is 334 cm³/mol. The van der Waals surface area contributed by atoms with Gasteiger partial charge in [0.1, 0.15) is 27.2 Å². The van der Waals surface area contributed by atoms with Gasteiger partial charge in [-0.05, 0) is 149 Å². The van der Waals surface area contributed by atoms with Gasteiger partial charge >= 0.3 is 7.12 Å². The number of amides is 3. The Morgan fingerprint density at radius 2 is 0.917 bits per heavy atom. The average molecular weight is 1230 g/mol. The van der Waals surface area contributed by atoms with Crippen LogP contribution in [0.5, 0.6) is 0 Å². The fourth-order valence-corrected chi connectivity index (χ4v) is 9.12. The van der Waals surface area contributed by atoms with Crippen LogP contribution in [-0.2, 0) is 23.7 Å².